The normalized spacial score (nSPS) is 20.3. The number of nitrogens with one attached hydrogen (secondary N) is 2. The van der Waals surface area contributed by atoms with Crippen molar-refractivity contribution < 1.29 is 29.3 Å². The van der Waals surface area contributed by atoms with E-state index in [0.717, 1.165) is 0 Å². The molecule has 4 N–H and O–H groups in total. The number of cyclic esters (lactones) is 1. The van der Waals surface area contributed by atoms with Crippen LogP contribution in [0.2, 0.25) is 0 Å². The highest BCUT2D eigenvalue weighted by Crippen LogP contribution is 2.23. The number of piperazine rings is 1. The maximum absolute atomic E-state index is 12.2. The predicted octanol–water partition coefficient (Wildman–Crippen LogP) is 0.307. The molecule has 1 atom stereocenters. The Hall–Kier alpha value is -3.18. The highest BCUT2D eigenvalue weighted by Gasteiger charge is 2.34. The largest absolute Gasteiger partial charge is 0.480 e. The fourth-order valence-electron chi connectivity index (χ4n) is 3.42. The molecule has 3 rings (SSSR count). The van der Waals surface area contributed by atoms with E-state index in [1.54, 1.807) is 24.3 Å². The van der Waals surface area contributed by atoms with Gasteiger partial charge in [0.1, 0.15) is 11.9 Å². The Morgan fingerprint density at radius 1 is 1.10 bits per heavy atom. The molecule has 1 aromatic rings. The first-order chi connectivity index (χ1) is 13.8. The van der Waals surface area contributed by atoms with Crippen LogP contribution in [0.25, 0.3) is 0 Å². The molecule has 2 amide bonds. The number of benzene rings is 1. The number of rotatable bonds is 6. The molecular formula is C18H23N5O6. The zero-order chi connectivity index (χ0) is 21.0. The third kappa shape index (κ3) is 5.42. The first-order valence-corrected chi connectivity index (χ1v) is 9.15. The lowest BCUT2D eigenvalue weighted by Gasteiger charge is -2.34. The maximum atomic E-state index is 12.2. The van der Waals surface area contributed by atoms with E-state index in [0.29, 0.717) is 50.5 Å². The number of aliphatic carboxylic acids is 1. The van der Waals surface area contributed by atoms with E-state index in [1.165, 1.54) is 4.90 Å². The minimum Gasteiger partial charge on any atom is -0.480 e. The molecule has 2 fully saturated rings. The lowest BCUT2D eigenvalue weighted by Crippen LogP contribution is -2.50. The number of amides is 2. The first kappa shape index (κ1) is 20.6. The molecule has 1 unspecified atom stereocenters. The summed E-state index contributed by atoms with van der Waals surface area (Å²) in [6.45, 7) is 3.76. The van der Waals surface area contributed by atoms with Crippen LogP contribution in [0.5, 0.6) is 0 Å². The van der Waals surface area contributed by atoms with Crippen molar-refractivity contribution in [2.75, 3.05) is 50.7 Å². The summed E-state index contributed by atoms with van der Waals surface area (Å²) in [4.78, 5) is 39.2. The molecule has 1 aromatic carbocycles. The summed E-state index contributed by atoms with van der Waals surface area (Å²) in [7, 11) is 0. The van der Waals surface area contributed by atoms with Gasteiger partial charge in [-0.05, 0) is 24.3 Å². The second kappa shape index (κ2) is 8.88. The number of anilines is 1. The Bertz CT molecular complexity index is 790. The second-order valence-electron chi connectivity index (χ2n) is 6.94. The molecule has 2 heterocycles. The molecule has 11 heteroatoms. The number of carboxylic acid groups (broad SMARTS) is 2. The molecule has 29 heavy (non-hydrogen) atoms. The Morgan fingerprint density at radius 3 is 2.31 bits per heavy atom. The molecule has 0 aliphatic carbocycles. The third-order valence-electron chi connectivity index (χ3n) is 4.86. The second-order valence-corrected chi connectivity index (χ2v) is 6.94. The van der Waals surface area contributed by atoms with Crippen molar-refractivity contribution in [3.05, 3.63) is 29.8 Å². The van der Waals surface area contributed by atoms with Crippen molar-refractivity contribution in [1.29, 1.82) is 5.41 Å². The topological polar surface area (TPSA) is 146 Å². The van der Waals surface area contributed by atoms with Gasteiger partial charge in [-0.25, -0.2) is 9.59 Å². The van der Waals surface area contributed by atoms with Gasteiger partial charge in [0, 0.05) is 44.0 Å². The van der Waals surface area contributed by atoms with Crippen molar-refractivity contribution in [3.8, 4) is 0 Å². The molecule has 156 valence electrons. The van der Waals surface area contributed by atoms with Crippen LogP contribution in [-0.2, 0) is 9.53 Å². The summed E-state index contributed by atoms with van der Waals surface area (Å²) in [5.74, 6) is -1.08. The number of nitrogens with zero attached hydrogens (tertiary/aromatic N) is 3. The fraction of sp³-hybridized carbons (Fsp3) is 0.444. The highest BCUT2D eigenvalue weighted by molar-refractivity contribution is 6.04. The van der Waals surface area contributed by atoms with E-state index >= 15 is 0 Å². The minimum atomic E-state index is -1.31. The number of carboxylic acids is 1. The molecule has 0 bridgehead atoms. The SMILES string of the molecule is N=C(NC(=O)O)c1ccc(N2CC(CN3CCN(CC(=O)O)CC3)OC2=O)cc1. The Morgan fingerprint density at radius 2 is 1.72 bits per heavy atom. The van der Waals surface area contributed by atoms with Gasteiger partial charge in [0.25, 0.3) is 0 Å². The number of hydrogen-bond acceptors (Lipinski definition) is 7. The fourth-order valence-corrected chi connectivity index (χ4v) is 3.42. The van der Waals surface area contributed by atoms with Gasteiger partial charge in [0.05, 0.1) is 13.1 Å². The first-order valence-electron chi connectivity index (χ1n) is 9.15. The minimum absolute atomic E-state index is 0.0372. The standard InChI is InChI=1S/C18H23N5O6/c19-16(20-17(26)27)12-1-3-13(4-2-12)23-10-14(29-18(23)28)9-21-5-7-22(8-6-21)11-15(24)25/h1-4,14H,5-11H2,(H2,19,20)(H,24,25)(H,26,27). The Labute approximate surface area is 167 Å². The molecule has 2 saturated heterocycles. The van der Waals surface area contributed by atoms with Gasteiger partial charge < -0.3 is 14.9 Å². The zero-order valence-corrected chi connectivity index (χ0v) is 15.7. The van der Waals surface area contributed by atoms with Crippen LogP contribution >= 0.6 is 0 Å². The van der Waals surface area contributed by atoms with Crippen molar-refractivity contribution in [2.24, 2.45) is 0 Å². The van der Waals surface area contributed by atoms with E-state index < -0.39 is 18.2 Å². The van der Waals surface area contributed by atoms with Crippen LogP contribution in [0.1, 0.15) is 5.56 Å². The smallest absolute Gasteiger partial charge is 0.414 e. The Kier molecular flexibility index (Phi) is 6.29. The quantitative estimate of drug-likeness (QED) is 0.391. The zero-order valence-electron chi connectivity index (χ0n) is 15.7. The number of carbonyl (C=O) groups is 3. The molecule has 2 aliphatic rings. The third-order valence-corrected chi connectivity index (χ3v) is 4.86. The molecular weight excluding hydrogens is 382 g/mol. The average molecular weight is 405 g/mol. The van der Waals surface area contributed by atoms with E-state index in [4.69, 9.17) is 20.4 Å². The maximum Gasteiger partial charge on any atom is 0.414 e. The van der Waals surface area contributed by atoms with Crippen molar-refractivity contribution in [1.82, 2.24) is 15.1 Å². The van der Waals surface area contributed by atoms with Gasteiger partial charge >= 0.3 is 18.2 Å². The van der Waals surface area contributed by atoms with Crippen LogP contribution < -0.4 is 10.2 Å². The van der Waals surface area contributed by atoms with Gasteiger partial charge in [-0.3, -0.25) is 30.2 Å². The summed E-state index contributed by atoms with van der Waals surface area (Å²) in [5.41, 5.74) is 0.996. The number of hydrogen-bond donors (Lipinski definition) is 4. The summed E-state index contributed by atoms with van der Waals surface area (Å²) >= 11 is 0. The van der Waals surface area contributed by atoms with Gasteiger partial charge in [-0.15, -0.1) is 0 Å². The Balaban J connectivity index is 1.52. The van der Waals surface area contributed by atoms with E-state index in [9.17, 15) is 14.4 Å². The van der Waals surface area contributed by atoms with Crippen molar-refractivity contribution in [2.45, 2.75) is 6.10 Å². The molecule has 2 aliphatic heterocycles. The van der Waals surface area contributed by atoms with Crippen LogP contribution in [0.15, 0.2) is 24.3 Å². The molecule has 0 spiro atoms. The van der Waals surface area contributed by atoms with Crippen LogP contribution in [0.3, 0.4) is 0 Å². The molecule has 0 aromatic heterocycles. The molecule has 0 radical (unpaired) electrons. The monoisotopic (exact) mass is 405 g/mol. The van der Waals surface area contributed by atoms with Crippen molar-refractivity contribution >= 4 is 29.7 Å². The molecule has 0 saturated carbocycles. The predicted molar refractivity (Wildman–Crippen MR) is 103 cm³/mol. The number of ether oxygens (including phenoxy) is 1. The van der Waals surface area contributed by atoms with Crippen molar-refractivity contribution in [3.63, 3.8) is 0 Å². The van der Waals surface area contributed by atoms with Crippen LogP contribution in [0.4, 0.5) is 15.3 Å². The highest BCUT2D eigenvalue weighted by atomic mass is 16.6. The average Bonchev–Trinajstić information content (AvgIpc) is 3.02. The lowest BCUT2D eigenvalue weighted by molar-refractivity contribution is -0.138. The summed E-state index contributed by atoms with van der Waals surface area (Å²) in [6.07, 6.45) is -2.06. The van der Waals surface area contributed by atoms with E-state index in [-0.39, 0.29) is 18.5 Å². The summed E-state index contributed by atoms with van der Waals surface area (Å²) in [5, 5.41) is 27.2. The summed E-state index contributed by atoms with van der Waals surface area (Å²) < 4.78 is 5.46. The van der Waals surface area contributed by atoms with E-state index in [2.05, 4.69) is 4.90 Å². The van der Waals surface area contributed by atoms with Gasteiger partial charge in [0.2, 0.25) is 0 Å². The summed E-state index contributed by atoms with van der Waals surface area (Å²) in [6, 6.07) is 6.41. The van der Waals surface area contributed by atoms with Gasteiger partial charge in [0.15, 0.2) is 0 Å². The van der Waals surface area contributed by atoms with E-state index in [1.807, 2.05) is 10.2 Å². The van der Waals surface area contributed by atoms with Crippen LogP contribution in [-0.4, -0.2) is 95.9 Å². The van der Waals surface area contributed by atoms with Gasteiger partial charge in [-0.1, -0.05) is 0 Å². The van der Waals surface area contributed by atoms with Gasteiger partial charge in [-0.2, -0.15) is 0 Å². The number of carbonyl (C=O) groups excluding carboxylic acids is 1. The van der Waals surface area contributed by atoms with Crippen LogP contribution in [0, 0.1) is 5.41 Å². The lowest BCUT2D eigenvalue weighted by atomic mass is 10.1. The molecule has 11 nitrogen and oxygen atoms in total. The number of amidine groups is 1.